The number of anilines is 2. The lowest BCUT2D eigenvalue weighted by molar-refractivity contribution is -0.136. The fraction of sp³-hybridized carbons (Fsp3) is 0.192. The predicted octanol–water partition coefficient (Wildman–Crippen LogP) is 3.27. The predicted molar refractivity (Wildman–Crippen MR) is 120 cm³/mol. The fourth-order valence-electron chi connectivity index (χ4n) is 6.14. The molecule has 0 aromatic heterocycles. The number of rotatable bonds is 2. The van der Waals surface area contributed by atoms with Crippen LogP contribution >= 0.6 is 0 Å². The molecule has 3 aromatic rings. The van der Waals surface area contributed by atoms with Gasteiger partial charge in [0.25, 0.3) is 5.91 Å². The number of benzene rings is 3. The summed E-state index contributed by atoms with van der Waals surface area (Å²) in [4.78, 5) is 41.2. The van der Waals surface area contributed by atoms with E-state index in [9.17, 15) is 14.4 Å². The SMILES string of the molecule is CC(=O)[C@H]1[C@H](c2ccccc2)N[C@]2(C(=O)Nc3ccccc32)[C@]12C(=O)Nc1ccccc12. The Morgan fingerprint density at radius 3 is 2.00 bits per heavy atom. The van der Waals surface area contributed by atoms with Crippen LogP contribution in [0.4, 0.5) is 11.4 Å². The van der Waals surface area contributed by atoms with E-state index in [0.29, 0.717) is 22.5 Å². The second-order valence-corrected chi connectivity index (χ2v) is 8.68. The molecule has 1 fully saturated rings. The minimum Gasteiger partial charge on any atom is -0.325 e. The first-order chi connectivity index (χ1) is 15.5. The third-order valence-electron chi connectivity index (χ3n) is 7.24. The Hall–Kier alpha value is -3.77. The van der Waals surface area contributed by atoms with Crippen molar-refractivity contribution in [1.82, 2.24) is 5.32 Å². The summed E-state index contributed by atoms with van der Waals surface area (Å²) in [6, 6.07) is 23.8. The van der Waals surface area contributed by atoms with Crippen LogP contribution in [0.5, 0.6) is 0 Å². The number of hydrogen-bond donors (Lipinski definition) is 3. The van der Waals surface area contributed by atoms with Gasteiger partial charge in [-0.25, -0.2) is 0 Å². The molecule has 6 nitrogen and oxygen atoms in total. The zero-order valence-electron chi connectivity index (χ0n) is 17.4. The van der Waals surface area contributed by atoms with Gasteiger partial charge in [-0.3, -0.25) is 19.7 Å². The van der Waals surface area contributed by atoms with Crippen LogP contribution in [0.25, 0.3) is 0 Å². The number of nitrogens with one attached hydrogen (secondary N) is 3. The second kappa shape index (κ2) is 6.37. The molecule has 0 bridgehead atoms. The summed E-state index contributed by atoms with van der Waals surface area (Å²) < 4.78 is 0. The molecule has 0 unspecified atom stereocenters. The van der Waals surface area contributed by atoms with Crippen molar-refractivity contribution in [3.8, 4) is 0 Å². The molecule has 6 heteroatoms. The molecule has 2 spiro atoms. The van der Waals surface area contributed by atoms with Crippen molar-refractivity contribution in [2.75, 3.05) is 10.6 Å². The summed E-state index contributed by atoms with van der Waals surface area (Å²) in [5.41, 5.74) is 0.625. The van der Waals surface area contributed by atoms with Gasteiger partial charge in [-0.1, -0.05) is 66.7 Å². The highest BCUT2D eigenvalue weighted by Crippen LogP contribution is 2.64. The summed E-state index contributed by atoms with van der Waals surface area (Å²) in [7, 11) is 0. The molecular formula is C26H21N3O3. The average Bonchev–Trinajstić information content (AvgIpc) is 3.39. The molecule has 0 saturated carbocycles. The van der Waals surface area contributed by atoms with Gasteiger partial charge < -0.3 is 10.6 Å². The van der Waals surface area contributed by atoms with Crippen molar-refractivity contribution in [2.24, 2.45) is 5.92 Å². The lowest BCUT2D eigenvalue weighted by Crippen LogP contribution is -2.61. The van der Waals surface area contributed by atoms with Crippen molar-refractivity contribution in [3.63, 3.8) is 0 Å². The van der Waals surface area contributed by atoms with Crippen molar-refractivity contribution < 1.29 is 14.4 Å². The number of amides is 2. The third-order valence-corrected chi connectivity index (χ3v) is 7.24. The lowest BCUT2D eigenvalue weighted by Gasteiger charge is -2.39. The van der Waals surface area contributed by atoms with Gasteiger partial charge >= 0.3 is 0 Å². The molecule has 0 aliphatic carbocycles. The Morgan fingerprint density at radius 1 is 0.750 bits per heavy atom. The van der Waals surface area contributed by atoms with Gasteiger partial charge in [-0.05, 0) is 30.2 Å². The molecule has 3 aliphatic rings. The van der Waals surface area contributed by atoms with Crippen LogP contribution in [0.1, 0.15) is 29.7 Å². The van der Waals surface area contributed by atoms with Gasteiger partial charge in [0, 0.05) is 23.0 Å². The van der Waals surface area contributed by atoms with E-state index in [4.69, 9.17) is 0 Å². The molecule has 3 N–H and O–H groups in total. The molecule has 3 heterocycles. The summed E-state index contributed by atoms with van der Waals surface area (Å²) in [6.07, 6.45) is 0. The topological polar surface area (TPSA) is 87.3 Å². The molecular weight excluding hydrogens is 402 g/mol. The molecule has 2 amide bonds. The van der Waals surface area contributed by atoms with Crippen molar-refractivity contribution in [1.29, 1.82) is 0 Å². The van der Waals surface area contributed by atoms with E-state index in [1.54, 1.807) is 0 Å². The first kappa shape index (κ1) is 19.0. The number of Topliss-reactive ketones (excluding diaryl/α,β-unsaturated/α-hetero) is 1. The minimum atomic E-state index is -1.44. The number of ketones is 1. The van der Waals surface area contributed by atoms with Gasteiger partial charge in [0.15, 0.2) is 0 Å². The number of carbonyl (C=O) groups excluding carboxylic acids is 3. The van der Waals surface area contributed by atoms with E-state index < -0.39 is 22.9 Å². The second-order valence-electron chi connectivity index (χ2n) is 8.68. The Bertz CT molecular complexity index is 1300. The van der Waals surface area contributed by atoms with Crippen LogP contribution in [0, 0.1) is 5.92 Å². The lowest BCUT2D eigenvalue weighted by atomic mass is 9.58. The zero-order valence-corrected chi connectivity index (χ0v) is 17.4. The molecule has 4 atom stereocenters. The van der Waals surface area contributed by atoms with Crippen LogP contribution in [-0.4, -0.2) is 17.6 Å². The van der Waals surface area contributed by atoms with Crippen LogP contribution in [0.15, 0.2) is 78.9 Å². The Kier molecular flexibility index (Phi) is 3.77. The summed E-state index contributed by atoms with van der Waals surface area (Å²) >= 11 is 0. The highest BCUT2D eigenvalue weighted by molar-refractivity contribution is 6.19. The minimum absolute atomic E-state index is 0.146. The highest BCUT2D eigenvalue weighted by atomic mass is 16.2. The van der Waals surface area contributed by atoms with E-state index in [1.165, 1.54) is 6.92 Å². The van der Waals surface area contributed by atoms with Gasteiger partial charge in [0.2, 0.25) is 5.91 Å². The summed E-state index contributed by atoms with van der Waals surface area (Å²) in [5, 5.41) is 9.48. The average molecular weight is 423 g/mol. The number of carbonyl (C=O) groups is 3. The maximum absolute atomic E-state index is 14.0. The monoisotopic (exact) mass is 423 g/mol. The maximum Gasteiger partial charge on any atom is 0.250 e. The normalized spacial score (nSPS) is 29.7. The maximum atomic E-state index is 14.0. The Balaban J connectivity index is 1.74. The van der Waals surface area contributed by atoms with Gasteiger partial charge in [-0.2, -0.15) is 0 Å². The molecule has 6 rings (SSSR count). The molecule has 0 radical (unpaired) electrons. The highest BCUT2D eigenvalue weighted by Gasteiger charge is 2.77. The Morgan fingerprint density at radius 2 is 1.31 bits per heavy atom. The number of hydrogen-bond acceptors (Lipinski definition) is 4. The van der Waals surface area contributed by atoms with E-state index in [-0.39, 0.29) is 17.6 Å². The zero-order chi connectivity index (χ0) is 22.1. The van der Waals surface area contributed by atoms with Gasteiger partial charge in [0.05, 0.1) is 5.92 Å². The summed E-state index contributed by atoms with van der Waals surface area (Å²) in [6.45, 7) is 1.51. The number of fused-ring (bicyclic) bond motifs is 5. The van der Waals surface area contributed by atoms with E-state index in [2.05, 4.69) is 16.0 Å². The molecule has 3 aromatic carbocycles. The van der Waals surface area contributed by atoms with Crippen molar-refractivity contribution in [3.05, 3.63) is 95.6 Å². The molecule has 32 heavy (non-hydrogen) atoms. The van der Waals surface area contributed by atoms with Crippen LogP contribution in [-0.2, 0) is 25.3 Å². The third kappa shape index (κ3) is 2.05. The summed E-state index contributed by atoms with van der Waals surface area (Å²) in [5.74, 6) is -1.59. The standard InChI is InChI=1S/C26H21N3O3/c1-15(30)21-22(16-9-3-2-4-10-16)29-26(18-12-6-8-14-20(18)28-24(26)32)25(21)17-11-5-7-13-19(17)27-23(25)31/h2-14,21-22,29H,1H3,(H,27,31)(H,28,32)/t21-,22-,25-,26+/m0/s1. The molecule has 158 valence electrons. The smallest absolute Gasteiger partial charge is 0.250 e. The number of para-hydroxylation sites is 2. The van der Waals surface area contributed by atoms with Crippen LogP contribution < -0.4 is 16.0 Å². The molecule has 3 aliphatic heterocycles. The first-order valence-corrected chi connectivity index (χ1v) is 10.7. The van der Waals surface area contributed by atoms with Crippen molar-refractivity contribution in [2.45, 2.75) is 23.9 Å². The Labute approximate surface area is 185 Å². The van der Waals surface area contributed by atoms with E-state index in [0.717, 1.165) is 5.56 Å². The van der Waals surface area contributed by atoms with Gasteiger partial charge in [0.1, 0.15) is 16.7 Å². The fourth-order valence-corrected chi connectivity index (χ4v) is 6.14. The van der Waals surface area contributed by atoms with Crippen LogP contribution in [0.3, 0.4) is 0 Å². The largest absolute Gasteiger partial charge is 0.325 e. The van der Waals surface area contributed by atoms with Crippen molar-refractivity contribution >= 4 is 29.0 Å². The quantitative estimate of drug-likeness (QED) is 0.590. The van der Waals surface area contributed by atoms with E-state index >= 15 is 0 Å². The first-order valence-electron chi connectivity index (χ1n) is 10.7. The van der Waals surface area contributed by atoms with E-state index in [1.807, 2.05) is 78.9 Å². The molecule has 1 saturated heterocycles. The van der Waals surface area contributed by atoms with Crippen LogP contribution in [0.2, 0.25) is 0 Å². The van der Waals surface area contributed by atoms with Gasteiger partial charge in [-0.15, -0.1) is 0 Å².